The Labute approximate surface area is 206 Å². The van der Waals surface area contributed by atoms with Gasteiger partial charge in [-0.05, 0) is 60.0 Å². The Hall–Kier alpha value is -3.05. The molecular formula is C23H18ClF5N4OS. The van der Waals surface area contributed by atoms with Gasteiger partial charge in [-0.15, -0.1) is 0 Å². The van der Waals surface area contributed by atoms with Crippen LogP contribution in [0.2, 0.25) is 5.02 Å². The lowest BCUT2D eigenvalue weighted by molar-refractivity contribution is -0.137. The van der Waals surface area contributed by atoms with Crippen molar-refractivity contribution in [3.63, 3.8) is 0 Å². The van der Waals surface area contributed by atoms with Gasteiger partial charge in [0.15, 0.2) is 0 Å². The molecule has 1 aromatic heterocycles. The van der Waals surface area contributed by atoms with Gasteiger partial charge >= 0.3 is 12.2 Å². The van der Waals surface area contributed by atoms with Crippen LogP contribution in [0, 0.1) is 0 Å². The normalized spacial score (nSPS) is 16.1. The van der Waals surface area contributed by atoms with Crippen molar-refractivity contribution in [2.45, 2.75) is 29.8 Å². The lowest BCUT2D eigenvalue weighted by atomic mass is 9.89. The number of rotatable bonds is 5. The maximum atomic E-state index is 14.3. The molecule has 4 rings (SSSR count). The van der Waals surface area contributed by atoms with Gasteiger partial charge in [0.2, 0.25) is 0 Å². The molecule has 3 aromatic rings. The molecule has 35 heavy (non-hydrogen) atoms. The fourth-order valence-electron chi connectivity index (χ4n) is 3.65. The van der Waals surface area contributed by atoms with Crippen LogP contribution in [-0.2, 0) is 12.6 Å². The van der Waals surface area contributed by atoms with Crippen molar-refractivity contribution in [3.05, 3.63) is 82.6 Å². The number of nitrogens with one attached hydrogen (secondary N) is 2. The Morgan fingerprint density at radius 3 is 2.63 bits per heavy atom. The van der Waals surface area contributed by atoms with Crippen molar-refractivity contribution >= 4 is 35.2 Å². The van der Waals surface area contributed by atoms with E-state index in [1.807, 2.05) is 0 Å². The summed E-state index contributed by atoms with van der Waals surface area (Å²) in [6.45, 7) is -0.0777. The maximum absolute atomic E-state index is 14.3. The fraction of sp³-hybridized carbons (Fsp3) is 0.217. The molecule has 0 bridgehead atoms. The number of urea groups is 1. The summed E-state index contributed by atoms with van der Waals surface area (Å²) in [5.41, 5.74) is -0.0813. The van der Waals surface area contributed by atoms with Gasteiger partial charge in [-0.1, -0.05) is 23.7 Å². The van der Waals surface area contributed by atoms with Gasteiger partial charge in [0.1, 0.15) is 0 Å². The van der Waals surface area contributed by atoms with Crippen molar-refractivity contribution in [2.75, 3.05) is 6.54 Å². The Morgan fingerprint density at radius 2 is 1.91 bits per heavy atom. The third kappa shape index (κ3) is 6.15. The van der Waals surface area contributed by atoms with Crippen LogP contribution in [-0.4, -0.2) is 28.3 Å². The molecule has 0 radical (unpaired) electrons. The van der Waals surface area contributed by atoms with E-state index < -0.39 is 36.5 Å². The predicted octanol–water partition coefficient (Wildman–Crippen LogP) is 6.52. The molecule has 2 amide bonds. The summed E-state index contributed by atoms with van der Waals surface area (Å²) in [5, 5.41) is 7.19. The summed E-state index contributed by atoms with van der Waals surface area (Å²) in [4.78, 5) is 12.8. The zero-order valence-electron chi connectivity index (χ0n) is 17.9. The largest absolute Gasteiger partial charge is 0.416 e. The number of hydrogen-bond acceptors (Lipinski definition) is 3. The molecule has 2 N–H and O–H groups in total. The van der Waals surface area contributed by atoms with E-state index in [9.17, 15) is 26.7 Å². The smallest absolute Gasteiger partial charge is 0.334 e. The first-order valence-corrected chi connectivity index (χ1v) is 11.5. The molecule has 1 aliphatic rings. The molecule has 0 aliphatic heterocycles. The number of carbonyl (C=O) groups excluding carboxylic acids is 1. The van der Waals surface area contributed by atoms with Crippen LogP contribution in [0.4, 0.5) is 26.7 Å². The average molecular weight is 529 g/mol. The van der Waals surface area contributed by atoms with Crippen molar-refractivity contribution in [2.24, 2.45) is 0 Å². The number of nitrogens with zero attached hydrogens (tertiary/aromatic N) is 2. The molecule has 5 nitrogen and oxygen atoms in total. The van der Waals surface area contributed by atoms with E-state index >= 15 is 0 Å². The van der Waals surface area contributed by atoms with Gasteiger partial charge in [0.05, 0.1) is 23.1 Å². The summed E-state index contributed by atoms with van der Waals surface area (Å²) >= 11 is 6.87. The van der Waals surface area contributed by atoms with Crippen molar-refractivity contribution < 1.29 is 26.7 Å². The summed E-state index contributed by atoms with van der Waals surface area (Å²) in [6.07, 6.45) is -3.11. The molecular weight excluding hydrogens is 511 g/mol. The summed E-state index contributed by atoms with van der Waals surface area (Å²) < 4.78 is 72.0. The molecule has 1 aliphatic carbocycles. The number of alkyl halides is 5. The SMILES string of the molecule is O=C(NC/C=C1\CC(F)(F)Cc2cnn(-c3cccc(C(F)(F)F)c3)c21)NSc1ccc(Cl)cc1. The van der Waals surface area contributed by atoms with Gasteiger partial charge in [-0.2, -0.15) is 18.3 Å². The monoisotopic (exact) mass is 528 g/mol. The molecule has 0 atom stereocenters. The van der Waals surface area contributed by atoms with E-state index in [1.165, 1.54) is 29.1 Å². The number of fused-ring (bicyclic) bond motifs is 1. The number of allylic oxidation sites excluding steroid dienone is 1. The second-order valence-electron chi connectivity index (χ2n) is 7.79. The number of benzene rings is 2. The molecule has 1 heterocycles. The molecule has 184 valence electrons. The lowest BCUT2D eigenvalue weighted by Crippen LogP contribution is -2.32. The fourth-order valence-corrected chi connectivity index (χ4v) is 4.33. The van der Waals surface area contributed by atoms with Gasteiger partial charge in [0.25, 0.3) is 5.92 Å². The second-order valence-corrected chi connectivity index (χ2v) is 9.10. The van der Waals surface area contributed by atoms with Crippen molar-refractivity contribution in [1.82, 2.24) is 19.8 Å². The van der Waals surface area contributed by atoms with Crippen LogP contribution in [0.25, 0.3) is 11.3 Å². The average Bonchev–Trinajstić information content (AvgIpc) is 3.21. The Kier molecular flexibility index (Phi) is 7.09. The van der Waals surface area contributed by atoms with Crippen LogP contribution in [0.3, 0.4) is 0 Å². The molecule has 2 aromatic carbocycles. The predicted molar refractivity (Wildman–Crippen MR) is 124 cm³/mol. The molecule has 0 saturated heterocycles. The molecule has 0 saturated carbocycles. The molecule has 12 heteroatoms. The van der Waals surface area contributed by atoms with Gasteiger partial charge in [0, 0.05) is 34.9 Å². The van der Waals surface area contributed by atoms with Gasteiger partial charge < -0.3 is 5.32 Å². The van der Waals surface area contributed by atoms with Gasteiger partial charge in [-0.3, -0.25) is 4.72 Å². The number of carbonyl (C=O) groups is 1. The van der Waals surface area contributed by atoms with E-state index in [1.54, 1.807) is 24.3 Å². The first-order valence-electron chi connectivity index (χ1n) is 10.3. The first kappa shape index (κ1) is 25.1. The highest BCUT2D eigenvalue weighted by atomic mass is 35.5. The minimum atomic E-state index is -4.56. The van der Waals surface area contributed by atoms with E-state index in [2.05, 4.69) is 15.1 Å². The Bertz CT molecular complexity index is 1260. The van der Waals surface area contributed by atoms with Crippen molar-refractivity contribution in [3.8, 4) is 5.69 Å². The van der Waals surface area contributed by atoms with Gasteiger partial charge in [-0.25, -0.2) is 18.3 Å². The number of aromatic nitrogens is 2. The third-order valence-corrected chi connectivity index (χ3v) is 6.20. The maximum Gasteiger partial charge on any atom is 0.416 e. The van der Waals surface area contributed by atoms with Crippen molar-refractivity contribution in [1.29, 1.82) is 0 Å². The van der Waals surface area contributed by atoms with E-state index in [0.717, 1.165) is 29.0 Å². The van der Waals surface area contributed by atoms with Crippen LogP contribution in [0.1, 0.15) is 23.2 Å². The molecule has 0 unspecified atom stereocenters. The summed E-state index contributed by atoms with van der Waals surface area (Å²) in [6, 6.07) is 10.7. The minimum absolute atomic E-state index is 0.0777. The lowest BCUT2D eigenvalue weighted by Gasteiger charge is -2.25. The topological polar surface area (TPSA) is 59.0 Å². The number of hydrogen-bond donors (Lipinski definition) is 2. The Morgan fingerprint density at radius 1 is 1.17 bits per heavy atom. The quantitative estimate of drug-likeness (QED) is 0.293. The van der Waals surface area contributed by atoms with Crippen LogP contribution in [0.15, 0.2) is 65.7 Å². The van der Waals surface area contributed by atoms with E-state index in [4.69, 9.17) is 11.6 Å². The van der Waals surface area contributed by atoms with Crippen LogP contribution in [0.5, 0.6) is 0 Å². The van der Waals surface area contributed by atoms with E-state index in [-0.39, 0.29) is 23.4 Å². The standard InChI is InChI=1S/C23H18ClF5N4OS/c24-17-4-6-19(7-5-17)35-32-21(34)30-9-8-14-11-22(25,26)12-15-13-31-33(20(14)15)18-3-1-2-16(10-18)23(27,28)29/h1-8,10,13H,9,11-12H2,(H2,30,32,34)/b14-8+. The highest BCUT2D eigenvalue weighted by molar-refractivity contribution is 7.98. The first-order chi connectivity index (χ1) is 16.5. The number of amides is 2. The zero-order chi connectivity index (χ0) is 25.2. The van der Waals surface area contributed by atoms with Crippen LogP contribution >= 0.6 is 23.5 Å². The second kappa shape index (κ2) is 9.90. The molecule has 0 fully saturated rings. The minimum Gasteiger partial charge on any atom is -0.334 e. The Balaban J connectivity index is 1.52. The highest BCUT2D eigenvalue weighted by Crippen LogP contribution is 2.41. The highest BCUT2D eigenvalue weighted by Gasteiger charge is 2.39. The molecule has 0 spiro atoms. The third-order valence-electron chi connectivity index (χ3n) is 5.15. The summed E-state index contributed by atoms with van der Waals surface area (Å²) in [5.74, 6) is -3.05. The zero-order valence-corrected chi connectivity index (χ0v) is 19.4. The van der Waals surface area contributed by atoms with Crippen LogP contribution < -0.4 is 10.0 Å². The number of halogens is 6. The summed E-state index contributed by atoms with van der Waals surface area (Å²) in [7, 11) is 0. The van der Waals surface area contributed by atoms with E-state index in [0.29, 0.717) is 10.7 Å².